The van der Waals surface area contributed by atoms with Gasteiger partial charge in [-0.1, -0.05) is 29.3 Å². The first-order valence-corrected chi connectivity index (χ1v) is 11.5. The van der Waals surface area contributed by atoms with Crippen molar-refractivity contribution in [3.05, 3.63) is 80.3 Å². The number of nitrogens with zero attached hydrogens (tertiary/aromatic N) is 2. The summed E-state index contributed by atoms with van der Waals surface area (Å²) < 4.78 is 39.0. The lowest BCUT2D eigenvalue weighted by Crippen LogP contribution is -2.42. The minimum absolute atomic E-state index is 0.111. The van der Waals surface area contributed by atoms with Gasteiger partial charge in [-0.25, -0.2) is 0 Å². The smallest absolute Gasteiger partial charge is 0.333 e. The topological polar surface area (TPSA) is 40.6 Å². The molecule has 2 amide bonds. The fourth-order valence-corrected chi connectivity index (χ4v) is 5.05. The number of amides is 2. The minimum Gasteiger partial charge on any atom is -0.333 e. The third kappa shape index (κ3) is 4.09. The Morgan fingerprint density at radius 1 is 1.06 bits per heavy atom. The molecule has 0 bridgehead atoms. The number of carbonyl (C=O) groups is 2. The van der Waals surface area contributed by atoms with Crippen LogP contribution in [0.1, 0.15) is 54.2 Å². The van der Waals surface area contributed by atoms with Crippen molar-refractivity contribution in [1.82, 2.24) is 9.80 Å². The van der Waals surface area contributed by atoms with E-state index in [0.29, 0.717) is 35.5 Å². The summed E-state index contributed by atoms with van der Waals surface area (Å²) in [7, 11) is 1.73. The zero-order valence-corrected chi connectivity index (χ0v) is 20.4. The zero-order chi connectivity index (χ0) is 25.0. The van der Waals surface area contributed by atoms with Crippen LogP contribution in [0.2, 0.25) is 10.0 Å². The Bertz CT molecular complexity index is 1190. The van der Waals surface area contributed by atoms with E-state index in [1.54, 1.807) is 35.0 Å². The van der Waals surface area contributed by atoms with Crippen molar-refractivity contribution in [2.45, 2.75) is 44.4 Å². The number of alkyl halides is 3. The van der Waals surface area contributed by atoms with Crippen molar-refractivity contribution in [2.75, 3.05) is 13.6 Å². The van der Waals surface area contributed by atoms with Crippen LogP contribution >= 0.6 is 23.2 Å². The lowest BCUT2D eigenvalue weighted by atomic mass is 9.87. The maximum Gasteiger partial charge on any atom is 0.416 e. The van der Waals surface area contributed by atoms with Gasteiger partial charge in [-0.2, -0.15) is 13.2 Å². The van der Waals surface area contributed by atoms with E-state index < -0.39 is 29.2 Å². The van der Waals surface area contributed by atoms with E-state index >= 15 is 0 Å². The molecule has 2 aliphatic heterocycles. The zero-order valence-electron chi connectivity index (χ0n) is 18.8. The first kappa shape index (κ1) is 24.6. The standard InChI is InChI=1S/C25H23Cl2F3N2O2/c1-24(2)17-5-4-12-32(22(33)14-6-9-16(10-7-14)25(28,29)30)21(20(17)23(34)31(24)3)15-8-11-18(26)19(27)13-15/h6-11,13,21H,4-5,12H2,1-3H3. The SMILES string of the molecule is CN1C(=O)C2=C(CCCN(C(=O)c3ccc(C(F)(F)F)cc3)C2c2ccc(Cl)c(Cl)c2)C1(C)C. The minimum atomic E-state index is -4.50. The van der Waals surface area contributed by atoms with Gasteiger partial charge in [0, 0.05) is 24.7 Å². The van der Waals surface area contributed by atoms with Gasteiger partial charge < -0.3 is 9.80 Å². The van der Waals surface area contributed by atoms with E-state index in [0.717, 1.165) is 17.7 Å². The monoisotopic (exact) mass is 510 g/mol. The Morgan fingerprint density at radius 3 is 2.29 bits per heavy atom. The summed E-state index contributed by atoms with van der Waals surface area (Å²) in [4.78, 5) is 30.3. The van der Waals surface area contributed by atoms with Crippen LogP contribution in [0.5, 0.6) is 0 Å². The summed E-state index contributed by atoms with van der Waals surface area (Å²) in [6.45, 7) is 4.25. The number of benzene rings is 2. The van der Waals surface area contributed by atoms with Crippen molar-refractivity contribution in [1.29, 1.82) is 0 Å². The number of carbonyl (C=O) groups excluding carboxylic acids is 2. The molecule has 180 valence electrons. The van der Waals surface area contributed by atoms with Gasteiger partial charge in [0.1, 0.15) is 0 Å². The number of likely N-dealkylation sites (N-methyl/N-ethyl adjacent to an activating group) is 1. The fourth-order valence-electron chi connectivity index (χ4n) is 4.74. The molecule has 1 unspecified atom stereocenters. The molecule has 2 aromatic rings. The van der Waals surface area contributed by atoms with Crippen molar-refractivity contribution in [3.8, 4) is 0 Å². The van der Waals surface area contributed by atoms with Crippen molar-refractivity contribution in [3.63, 3.8) is 0 Å². The third-order valence-electron chi connectivity index (χ3n) is 6.83. The highest BCUT2D eigenvalue weighted by atomic mass is 35.5. The highest BCUT2D eigenvalue weighted by molar-refractivity contribution is 6.42. The molecule has 0 saturated heterocycles. The van der Waals surface area contributed by atoms with E-state index in [4.69, 9.17) is 23.2 Å². The summed E-state index contributed by atoms with van der Waals surface area (Å²) in [6.07, 6.45) is -3.28. The lowest BCUT2D eigenvalue weighted by molar-refractivity contribution is -0.137. The van der Waals surface area contributed by atoms with Gasteiger partial charge >= 0.3 is 6.18 Å². The van der Waals surface area contributed by atoms with Crippen LogP contribution in [0.3, 0.4) is 0 Å². The first-order valence-electron chi connectivity index (χ1n) is 10.8. The summed E-state index contributed by atoms with van der Waals surface area (Å²) in [5, 5.41) is 0.620. The Kier molecular flexibility index (Phi) is 6.23. The van der Waals surface area contributed by atoms with Gasteiger partial charge in [0.05, 0.1) is 27.2 Å². The Hall–Kier alpha value is -2.51. The summed E-state index contributed by atoms with van der Waals surface area (Å²) in [5.41, 5.74) is 0.806. The van der Waals surface area contributed by atoms with Crippen molar-refractivity contribution < 1.29 is 22.8 Å². The average molecular weight is 511 g/mol. The van der Waals surface area contributed by atoms with Gasteiger partial charge in [-0.15, -0.1) is 0 Å². The Balaban J connectivity index is 1.85. The Morgan fingerprint density at radius 2 is 1.71 bits per heavy atom. The van der Waals surface area contributed by atoms with Crippen molar-refractivity contribution >= 4 is 35.0 Å². The van der Waals surface area contributed by atoms with Gasteiger partial charge in [0.15, 0.2) is 0 Å². The fraction of sp³-hybridized carbons (Fsp3) is 0.360. The molecule has 1 atom stereocenters. The third-order valence-corrected chi connectivity index (χ3v) is 7.57. The van der Waals surface area contributed by atoms with E-state index in [2.05, 4.69) is 0 Å². The summed E-state index contributed by atoms with van der Waals surface area (Å²) in [6, 6.07) is 8.34. The lowest BCUT2D eigenvalue weighted by Gasteiger charge is -2.33. The molecule has 2 aromatic carbocycles. The highest BCUT2D eigenvalue weighted by Gasteiger charge is 2.48. The van der Waals surface area contributed by atoms with Gasteiger partial charge in [-0.05, 0) is 74.2 Å². The number of rotatable bonds is 2. The molecule has 2 heterocycles. The largest absolute Gasteiger partial charge is 0.416 e. The molecule has 0 saturated carbocycles. The molecule has 0 aliphatic carbocycles. The molecule has 0 N–H and O–H groups in total. The molecular formula is C25H23Cl2F3N2O2. The molecule has 0 fully saturated rings. The summed E-state index contributed by atoms with van der Waals surface area (Å²) >= 11 is 12.4. The average Bonchev–Trinajstić information content (AvgIpc) is 2.93. The van der Waals surface area contributed by atoms with Gasteiger partial charge in [0.2, 0.25) is 0 Å². The molecule has 9 heteroatoms. The molecule has 4 rings (SSSR count). The predicted octanol–water partition coefficient (Wildman–Crippen LogP) is 6.54. The van der Waals surface area contributed by atoms with E-state index in [-0.39, 0.29) is 16.5 Å². The van der Waals surface area contributed by atoms with Crippen LogP contribution in [0.15, 0.2) is 53.6 Å². The molecule has 34 heavy (non-hydrogen) atoms. The van der Waals surface area contributed by atoms with Crippen LogP contribution in [-0.2, 0) is 11.0 Å². The maximum atomic E-state index is 13.6. The van der Waals surface area contributed by atoms with Crippen molar-refractivity contribution in [2.24, 2.45) is 0 Å². The molecule has 2 aliphatic rings. The van der Waals surface area contributed by atoms with Crippen LogP contribution < -0.4 is 0 Å². The van der Waals surface area contributed by atoms with Gasteiger partial charge in [0.25, 0.3) is 11.8 Å². The molecular weight excluding hydrogens is 488 g/mol. The number of halogens is 5. The van der Waals surface area contributed by atoms with Crippen LogP contribution in [0, 0.1) is 0 Å². The molecule has 0 spiro atoms. The number of hydrogen-bond donors (Lipinski definition) is 0. The quantitative estimate of drug-likeness (QED) is 0.460. The Labute approximate surface area is 205 Å². The van der Waals surface area contributed by atoms with Crippen LogP contribution in [-0.4, -0.2) is 40.7 Å². The van der Waals surface area contributed by atoms with Crippen LogP contribution in [0.4, 0.5) is 13.2 Å². The van der Waals surface area contributed by atoms with E-state index in [9.17, 15) is 22.8 Å². The second-order valence-electron chi connectivity index (χ2n) is 9.07. The van der Waals surface area contributed by atoms with E-state index in [1.807, 2.05) is 13.8 Å². The highest BCUT2D eigenvalue weighted by Crippen LogP contribution is 2.47. The van der Waals surface area contributed by atoms with Crippen LogP contribution in [0.25, 0.3) is 0 Å². The molecule has 0 radical (unpaired) electrons. The predicted molar refractivity (Wildman–Crippen MR) is 125 cm³/mol. The van der Waals surface area contributed by atoms with E-state index in [1.165, 1.54) is 12.1 Å². The maximum absolute atomic E-state index is 13.6. The second-order valence-corrected chi connectivity index (χ2v) is 9.88. The second kappa shape index (κ2) is 8.61. The van der Waals surface area contributed by atoms with Gasteiger partial charge in [-0.3, -0.25) is 9.59 Å². The number of hydrogen-bond acceptors (Lipinski definition) is 2. The molecule has 0 aromatic heterocycles. The first-order chi connectivity index (χ1) is 15.8. The summed E-state index contributed by atoms with van der Waals surface area (Å²) in [5.74, 6) is -0.651. The molecule has 4 nitrogen and oxygen atoms in total. The normalized spacial score (nSPS) is 20.5.